The number of aromatic nitrogens is 5. The van der Waals surface area contributed by atoms with Crippen LogP contribution >= 0.6 is 0 Å². The number of methoxy groups -OCH3 is 3. The standard InChI is InChI=1S/C38H47N7O6Si/c1-8-15-27(20-21-51-52(38(2,3)4,28-16-11-9-12-17-28)29-18-13-10-14-19-29)41-34-33-31(42-36(43-34)44-37(47)50-7)23-40-45(33)25-26-22-30(35(46)49-6)39-24-32(26)48-5/h9-14,16-19,22-24,27H,8,15,20-21,25H2,1-7H3,(H2,41,42,43,44,47)/t27-/m0/s1. The van der Waals surface area contributed by atoms with E-state index in [1.54, 1.807) is 16.9 Å². The summed E-state index contributed by atoms with van der Waals surface area (Å²) in [5, 5.41) is 13.1. The zero-order chi connectivity index (χ0) is 37.3. The molecule has 2 aromatic carbocycles. The molecule has 3 heterocycles. The van der Waals surface area contributed by atoms with Crippen molar-refractivity contribution in [2.45, 2.75) is 64.6 Å². The van der Waals surface area contributed by atoms with Crippen molar-refractivity contribution in [1.29, 1.82) is 0 Å². The van der Waals surface area contributed by atoms with E-state index in [0.717, 1.165) is 12.8 Å². The second kappa shape index (κ2) is 16.8. The smallest absolute Gasteiger partial charge is 0.413 e. The molecule has 0 saturated carbocycles. The Morgan fingerprint density at radius 2 is 1.58 bits per heavy atom. The lowest BCUT2D eigenvalue weighted by Gasteiger charge is -2.43. The first-order valence-electron chi connectivity index (χ1n) is 17.3. The topological polar surface area (TPSA) is 152 Å². The molecule has 0 spiro atoms. The van der Waals surface area contributed by atoms with Crippen molar-refractivity contribution >= 4 is 53.6 Å². The van der Waals surface area contributed by atoms with Crippen LogP contribution in [0.25, 0.3) is 11.0 Å². The highest BCUT2D eigenvalue weighted by Crippen LogP contribution is 2.37. The van der Waals surface area contributed by atoms with Gasteiger partial charge in [-0.05, 0) is 34.3 Å². The van der Waals surface area contributed by atoms with Crippen LogP contribution in [0.5, 0.6) is 5.75 Å². The van der Waals surface area contributed by atoms with Crippen molar-refractivity contribution in [2.75, 3.05) is 38.6 Å². The maximum absolute atomic E-state index is 12.3. The van der Waals surface area contributed by atoms with Gasteiger partial charge in [0.05, 0.1) is 40.3 Å². The van der Waals surface area contributed by atoms with Crippen LogP contribution in [0.2, 0.25) is 5.04 Å². The Morgan fingerprint density at radius 3 is 2.15 bits per heavy atom. The lowest BCUT2D eigenvalue weighted by Crippen LogP contribution is -2.66. The van der Waals surface area contributed by atoms with Gasteiger partial charge in [-0.2, -0.15) is 10.1 Å². The van der Waals surface area contributed by atoms with E-state index >= 15 is 0 Å². The Bertz CT molecular complexity index is 1930. The fourth-order valence-electron chi connectivity index (χ4n) is 6.53. The molecule has 5 rings (SSSR count). The lowest BCUT2D eigenvalue weighted by atomic mass is 10.1. The van der Waals surface area contributed by atoms with Crippen LogP contribution in [-0.4, -0.2) is 79.1 Å². The highest BCUT2D eigenvalue weighted by Gasteiger charge is 2.50. The van der Waals surface area contributed by atoms with Crippen LogP contribution in [0.3, 0.4) is 0 Å². The van der Waals surface area contributed by atoms with Gasteiger partial charge in [0.1, 0.15) is 22.5 Å². The molecule has 0 aliphatic heterocycles. The third-order valence-electron chi connectivity index (χ3n) is 8.95. The molecule has 3 aromatic heterocycles. The number of carbonyl (C=O) groups excluding carboxylic acids is 2. The molecule has 0 radical (unpaired) electrons. The van der Waals surface area contributed by atoms with Gasteiger partial charge in [0.25, 0.3) is 8.32 Å². The zero-order valence-corrected chi connectivity index (χ0v) is 31.8. The van der Waals surface area contributed by atoms with Gasteiger partial charge in [-0.25, -0.2) is 19.6 Å². The van der Waals surface area contributed by atoms with Gasteiger partial charge in [-0.1, -0.05) is 94.8 Å². The minimum absolute atomic E-state index is 0.0583. The van der Waals surface area contributed by atoms with E-state index in [1.807, 2.05) is 12.1 Å². The van der Waals surface area contributed by atoms with Crippen molar-refractivity contribution in [3.63, 3.8) is 0 Å². The van der Waals surface area contributed by atoms with Gasteiger partial charge in [-0.15, -0.1) is 0 Å². The average molecular weight is 726 g/mol. The van der Waals surface area contributed by atoms with Gasteiger partial charge < -0.3 is 24.0 Å². The summed E-state index contributed by atoms with van der Waals surface area (Å²) in [7, 11) is 1.36. The second-order valence-corrected chi connectivity index (χ2v) is 17.7. The molecule has 0 aliphatic rings. The summed E-state index contributed by atoms with van der Waals surface area (Å²) >= 11 is 0. The van der Waals surface area contributed by atoms with E-state index in [2.05, 4.69) is 102 Å². The summed E-state index contributed by atoms with van der Waals surface area (Å²) in [6.45, 7) is 9.63. The molecule has 0 aliphatic carbocycles. The average Bonchev–Trinajstić information content (AvgIpc) is 3.55. The molecule has 52 heavy (non-hydrogen) atoms. The first-order chi connectivity index (χ1) is 25.0. The zero-order valence-electron chi connectivity index (χ0n) is 30.8. The van der Waals surface area contributed by atoms with Crippen molar-refractivity contribution in [3.8, 4) is 5.75 Å². The Labute approximate surface area is 305 Å². The molecule has 5 aromatic rings. The minimum Gasteiger partial charge on any atom is -0.495 e. The number of nitrogens with zero attached hydrogens (tertiary/aromatic N) is 5. The van der Waals surface area contributed by atoms with Crippen molar-refractivity contribution < 1.29 is 28.2 Å². The monoisotopic (exact) mass is 725 g/mol. The molecule has 14 heteroatoms. The Morgan fingerprint density at radius 1 is 0.904 bits per heavy atom. The summed E-state index contributed by atoms with van der Waals surface area (Å²) in [6, 6.07) is 22.7. The molecule has 0 saturated heterocycles. The van der Waals surface area contributed by atoms with E-state index < -0.39 is 20.4 Å². The Hall–Kier alpha value is -5.34. The van der Waals surface area contributed by atoms with Crippen LogP contribution in [0.4, 0.5) is 16.6 Å². The van der Waals surface area contributed by atoms with E-state index in [1.165, 1.54) is 37.9 Å². The molecule has 1 amide bonds. The van der Waals surface area contributed by atoms with Crippen LogP contribution in [0, 0.1) is 0 Å². The molecular formula is C38H47N7O6Si. The van der Waals surface area contributed by atoms with Crippen molar-refractivity contribution in [2.24, 2.45) is 0 Å². The SMILES string of the molecule is CCC[C@@H](CCO[Si](c1ccccc1)(c1ccccc1)C(C)(C)C)Nc1nc(NC(=O)OC)nc2cnn(Cc3cc(C(=O)OC)ncc3OC)c12. The number of ether oxygens (including phenoxy) is 3. The maximum Gasteiger partial charge on any atom is 0.413 e. The number of carbonyl (C=O) groups is 2. The molecule has 13 nitrogen and oxygen atoms in total. The summed E-state index contributed by atoms with van der Waals surface area (Å²) < 4.78 is 24.2. The van der Waals surface area contributed by atoms with Gasteiger partial charge in [0, 0.05) is 18.2 Å². The van der Waals surface area contributed by atoms with Gasteiger partial charge in [0.15, 0.2) is 5.82 Å². The molecule has 274 valence electrons. The summed E-state index contributed by atoms with van der Waals surface area (Å²) in [5.41, 5.74) is 1.87. The maximum atomic E-state index is 12.3. The molecular weight excluding hydrogens is 679 g/mol. The number of amides is 1. The quantitative estimate of drug-likeness (QED) is 0.0997. The number of benzene rings is 2. The molecule has 0 fully saturated rings. The van der Waals surface area contributed by atoms with Gasteiger partial charge >= 0.3 is 12.1 Å². The van der Waals surface area contributed by atoms with Crippen LogP contribution in [0.1, 0.15) is 63.0 Å². The normalized spacial score (nSPS) is 12.3. The predicted molar refractivity (Wildman–Crippen MR) is 203 cm³/mol. The number of nitrogens with one attached hydrogen (secondary N) is 2. The number of hydrogen-bond donors (Lipinski definition) is 2. The fraction of sp³-hybridized carbons (Fsp3) is 0.368. The van der Waals surface area contributed by atoms with E-state index in [-0.39, 0.29) is 29.3 Å². The summed E-state index contributed by atoms with van der Waals surface area (Å²) in [6.07, 6.45) is 4.79. The number of anilines is 2. The number of pyridine rings is 1. The highest BCUT2D eigenvalue weighted by atomic mass is 28.4. The van der Waals surface area contributed by atoms with Crippen molar-refractivity contribution in [1.82, 2.24) is 24.7 Å². The predicted octanol–water partition coefficient (Wildman–Crippen LogP) is 5.79. The molecule has 2 N–H and O–H groups in total. The Balaban J connectivity index is 1.50. The van der Waals surface area contributed by atoms with E-state index in [9.17, 15) is 9.59 Å². The second-order valence-electron chi connectivity index (χ2n) is 13.4. The van der Waals surface area contributed by atoms with E-state index in [0.29, 0.717) is 41.2 Å². The third kappa shape index (κ3) is 8.24. The third-order valence-corrected chi connectivity index (χ3v) is 14.0. The number of hydrogen-bond acceptors (Lipinski definition) is 11. The number of rotatable bonds is 15. The van der Waals surface area contributed by atoms with Crippen molar-refractivity contribution in [3.05, 3.63) is 90.4 Å². The first-order valence-corrected chi connectivity index (χ1v) is 19.2. The van der Waals surface area contributed by atoms with Gasteiger partial charge in [-0.3, -0.25) is 10.00 Å². The highest BCUT2D eigenvalue weighted by molar-refractivity contribution is 6.99. The lowest BCUT2D eigenvalue weighted by molar-refractivity contribution is 0.0593. The molecule has 0 bridgehead atoms. The first kappa shape index (κ1) is 37.9. The fourth-order valence-corrected chi connectivity index (χ4v) is 11.1. The Kier molecular flexibility index (Phi) is 12.2. The van der Waals surface area contributed by atoms with Crippen LogP contribution in [0.15, 0.2) is 79.1 Å². The number of fused-ring (bicyclic) bond motifs is 1. The van der Waals surface area contributed by atoms with Gasteiger partial charge in [0.2, 0.25) is 5.95 Å². The molecule has 1 atom stereocenters. The summed E-state index contributed by atoms with van der Waals surface area (Å²) in [5.74, 6) is 0.440. The van der Waals surface area contributed by atoms with Crippen LogP contribution < -0.4 is 25.7 Å². The minimum atomic E-state index is -2.75. The number of esters is 1. The summed E-state index contributed by atoms with van der Waals surface area (Å²) in [4.78, 5) is 38.0. The largest absolute Gasteiger partial charge is 0.495 e. The van der Waals surface area contributed by atoms with Crippen LogP contribution in [-0.2, 0) is 20.4 Å². The van der Waals surface area contributed by atoms with E-state index in [4.69, 9.17) is 23.6 Å². The molecule has 0 unspecified atom stereocenters.